The van der Waals surface area contributed by atoms with Crippen LogP contribution < -0.4 is 10.6 Å². The number of hydrogen-bond acceptors (Lipinski definition) is 9. The lowest BCUT2D eigenvalue weighted by molar-refractivity contribution is 0.0724. The topological polar surface area (TPSA) is 117 Å². The molecule has 11 heteroatoms. The second-order valence-electron chi connectivity index (χ2n) is 12.0. The number of rotatable bonds is 7. The maximum atomic E-state index is 13.0. The molecule has 3 aliphatic rings. The van der Waals surface area contributed by atoms with Crippen LogP contribution in [0.3, 0.4) is 0 Å². The standard InChI is InChI=1S/C32H40N10O/c43-31(41-19-5-2-6-20-41)23-7-9-24(10-8-23)36-29-28-30(42(22-35-28)27-21-33-15-16-34-27)39-32(38-29)37-25-11-13-26(14-12-25)40-17-3-1-4-18-40/h7-10,15-16,21-22,25-26H,1-6,11-14,17-20H2,(H2,36,37,38,39). The van der Waals surface area contributed by atoms with E-state index in [1.165, 1.54) is 51.6 Å². The summed E-state index contributed by atoms with van der Waals surface area (Å²) in [5, 5.41) is 7.09. The second-order valence-corrected chi connectivity index (χ2v) is 12.0. The quantitative estimate of drug-likeness (QED) is 0.305. The number of nitrogens with zero attached hydrogens (tertiary/aromatic N) is 8. The Hall–Kier alpha value is -4.12. The largest absolute Gasteiger partial charge is 0.351 e. The molecule has 0 radical (unpaired) electrons. The fourth-order valence-electron chi connectivity index (χ4n) is 6.80. The van der Waals surface area contributed by atoms with E-state index in [9.17, 15) is 4.79 Å². The molecule has 7 rings (SSSR count). The Morgan fingerprint density at radius 2 is 1.56 bits per heavy atom. The summed E-state index contributed by atoms with van der Waals surface area (Å²) in [7, 11) is 0. The highest BCUT2D eigenvalue weighted by molar-refractivity contribution is 5.95. The van der Waals surface area contributed by atoms with Gasteiger partial charge in [-0.1, -0.05) is 6.42 Å². The highest BCUT2D eigenvalue weighted by Gasteiger charge is 2.27. The molecule has 1 aliphatic carbocycles. The molecule has 1 amide bonds. The van der Waals surface area contributed by atoms with E-state index in [1.807, 2.05) is 33.7 Å². The van der Waals surface area contributed by atoms with Crippen molar-refractivity contribution in [1.29, 1.82) is 0 Å². The summed E-state index contributed by atoms with van der Waals surface area (Å²) in [6, 6.07) is 8.64. The van der Waals surface area contributed by atoms with Crippen LogP contribution in [-0.2, 0) is 0 Å². The molecule has 0 unspecified atom stereocenters. The Morgan fingerprint density at radius 3 is 2.28 bits per heavy atom. The van der Waals surface area contributed by atoms with Crippen molar-refractivity contribution in [3.8, 4) is 5.82 Å². The molecule has 5 heterocycles. The maximum absolute atomic E-state index is 13.0. The first-order valence-electron chi connectivity index (χ1n) is 15.9. The molecular formula is C32H40N10O. The van der Waals surface area contributed by atoms with Crippen LogP contribution >= 0.6 is 0 Å². The zero-order valence-corrected chi connectivity index (χ0v) is 24.7. The molecule has 2 saturated heterocycles. The molecule has 1 saturated carbocycles. The SMILES string of the molecule is O=C(c1ccc(Nc2nc(NC3CCC(N4CCCCC4)CC3)nc3c2ncn3-c2cnccn2)cc1)N1CCCCC1. The molecule has 3 aromatic heterocycles. The smallest absolute Gasteiger partial charge is 0.253 e. The van der Waals surface area contributed by atoms with Crippen molar-refractivity contribution in [2.24, 2.45) is 0 Å². The lowest BCUT2D eigenvalue weighted by Crippen LogP contribution is -2.43. The van der Waals surface area contributed by atoms with Gasteiger partial charge in [-0.15, -0.1) is 0 Å². The Labute approximate surface area is 252 Å². The molecule has 3 fully saturated rings. The first-order valence-corrected chi connectivity index (χ1v) is 15.9. The third-order valence-corrected chi connectivity index (χ3v) is 9.17. The molecule has 2 N–H and O–H groups in total. The Bertz CT molecular complexity index is 1520. The summed E-state index contributed by atoms with van der Waals surface area (Å²) in [4.78, 5) is 40.8. The summed E-state index contributed by atoms with van der Waals surface area (Å²) in [6.45, 7) is 4.17. The van der Waals surface area contributed by atoms with Gasteiger partial charge in [0.2, 0.25) is 5.95 Å². The zero-order valence-electron chi connectivity index (χ0n) is 24.7. The van der Waals surface area contributed by atoms with Crippen molar-refractivity contribution in [3.63, 3.8) is 0 Å². The van der Waals surface area contributed by atoms with Gasteiger partial charge in [0.05, 0.1) is 6.20 Å². The number of amides is 1. The Kier molecular flexibility index (Phi) is 8.13. The van der Waals surface area contributed by atoms with Crippen LogP contribution in [-0.4, -0.2) is 83.5 Å². The number of anilines is 3. The van der Waals surface area contributed by atoms with Crippen LogP contribution in [0.1, 0.15) is 74.6 Å². The van der Waals surface area contributed by atoms with Crippen LogP contribution in [0.5, 0.6) is 0 Å². The van der Waals surface area contributed by atoms with Gasteiger partial charge in [0.1, 0.15) is 6.33 Å². The zero-order chi connectivity index (χ0) is 29.0. The molecule has 43 heavy (non-hydrogen) atoms. The fraction of sp³-hybridized carbons (Fsp3) is 0.500. The minimum absolute atomic E-state index is 0.0971. The molecule has 2 aliphatic heterocycles. The normalized spacial score (nSPS) is 21.5. The second kappa shape index (κ2) is 12.6. The number of carbonyl (C=O) groups excluding carboxylic acids is 1. The van der Waals surface area contributed by atoms with Gasteiger partial charge in [-0.25, -0.2) is 9.97 Å². The van der Waals surface area contributed by atoms with Crippen LogP contribution in [0.25, 0.3) is 17.0 Å². The molecule has 224 valence electrons. The minimum atomic E-state index is 0.0971. The number of nitrogens with one attached hydrogen (secondary N) is 2. The van der Waals surface area contributed by atoms with Crippen molar-refractivity contribution in [2.75, 3.05) is 36.8 Å². The van der Waals surface area contributed by atoms with Crippen LogP contribution in [0.15, 0.2) is 49.2 Å². The van der Waals surface area contributed by atoms with Crippen LogP contribution in [0.2, 0.25) is 0 Å². The van der Waals surface area contributed by atoms with Gasteiger partial charge in [-0.05, 0) is 95.1 Å². The molecule has 11 nitrogen and oxygen atoms in total. The summed E-state index contributed by atoms with van der Waals surface area (Å²) in [5.74, 6) is 1.91. The van der Waals surface area contributed by atoms with Crippen molar-refractivity contribution >= 4 is 34.5 Å². The summed E-state index contributed by atoms with van der Waals surface area (Å²) in [5.41, 5.74) is 2.82. The monoisotopic (exact) mass is 580 g/mol. The third-order valence-electron chi connectivity index (χ3n) is 9.17. The molecular weight excluding hydrogens is 540 g/mol. The minimum Gasteiger partial charge on any atom is -0.351 e. The van der Waals surface area contributed by atoms with E-state index in [-0.39, 0.29) is 5.91 Å². The predicted octanol–water partition coefficient (Wildman–Crippen LogP) is 5.18. The summed E-state index contributed by atoms with van der Waals surface area (Å²) < 4.78 is 1.84. The van der Waals surface area contributed by atoms with Gasteiger partial charge >= 0.3 is 0 Å². The van der Waals surface area contributed by atoms with E-state index in [2.05, 4.69) is 30.5 Å². The van der Waals surface area contributed by atoms with E-state index >= 15 is 0 Å². The number of hydrogen-bond donors (Lipinski definition) is 2. The first kappa shape index (κ1) is 27.7. The lowest BCUT2D eigenvalue weighted by atomic mass is 9.89. The Balaban J connectivity index is 1.12. The van der Waals surface area contributed by atoms with Gasteiger partial charge in [0.25, 0.3) is 5.91 Å². The highest BCUT2D eigenvalue weighted by atomic mass is 16.2. The van der Waals surface area contributed by atoms with E-state index < -0.39 is 0 Å². The van der Waals surface area contributed by atoms with E-state index in [4.69, 9.17) is 9.97 Å². The summed E-state index contributed by atoms with van der Waals surface area (Å²) >= 11 is 0. The van der Waals surface area contributed by atoms with E-state index in [1.54, 1.807) is 24.9 Å². The summed E-state index contributed by atoms with van der Waals surface area (Å²) in [6.07, 6.45) is 18.7. The van der Waals surface area contributed by atoms with Gasteiger partial charge < -0.3 is 20.4 Å². The van der Waals surface area contributed by atoms with Crippen molar-refractivity contribution < 1.29 is 4.79 Å². The van der Waals surface area contributed by atoms with E-state index in [0.717, 1.165) is 44.5 Å². The number of imidazole rings is 1. The van der Waals surface area contributed by atoms with Crippen LogP contribution in [0, 0.1) is 0 Å². The Morgan fingerprint density at radius 1 is 0.814 bits per heavy atom. The lowest BCUT2D eigenvalue weighted by Gasteiger charge is -2.39. The van der Waals surface area contributed by atoms with Gasteiger partial charge in [0.15, 0.2) is 22.8 Å². The molecule has 0 atom stereocenters. The van der Waals surface area contributed by atoms with Crippen molar-refractivity contribution in [1.82, 2.24) is 39.3 Å². The molecule has 0 spiro atoms. The highest BCUT2D eigenvalue weighted by Crippen LogP contribution is 2.30. The number of aromatic nitrogens is 6. The number of piperidine rings is 2. The van der Waals surface area contributed by atoms with Crippen molar-refractivity contribution in [3.05, 3.63) is 54.7 Å². The van der Waals surface area contributed by atoms with Gasteiger partial charge in [-0.2, -0.15) is 9.97 Å². The predicted molar refractivity (Wildman–Crippen MR) is 167 cm³/mol. The number of benzene rings is 1. The van der Waals surface area contributed by atoms with Crippen molar-refractivity contribution in [2.45, 2.75) is 76.3 Å². The van der Waals surface area contributed by atoms with Crippen LogP contribution in [0.4, 0.5) is 17.5 Å². The van der Waals surface area contributed by atoms with E-state index in [0.29, 0.717) is 46.4 Å². The van der Waals surface area contributed by atoms with Gasteiger partial charge in [0, 0.05) is 48.8 Å². The fourth-order valence-corrected chi connectivity index (χ4v) is 6.80. The molecule has 1 aromatic carbocycles. The number of carbonyl (C=O) groups is 1. The van der Waals surface area contributed by atoms with Gasteiger partial charge in [-0.3, -0.25) is 14.3 Å². The molecule has 0 bridgehead atoms. The number of fused-ring (bicyclic) bond motifs is 1. The average molecular weight is 581 g/mol. The first-order chi connectivity index (χ1) is 21.2. The molecule has 4 aromatic rings. The third kappa shape index (κ3) is 6.17. The maximum Gasteiger partial charge on any atom is 0.253 e. The number of likely N-dealkylation sites (tertiary alicyclic amines) is 2. The average Bonchev–Trinajstić information content (AvgIpc) is 3.51.